The van der Waals surface area contributed by atoms with Crippen molar-refractivity contribution >= 4 is 11.9 Å². The molecule has 0 saturated heterocycles. The van der Waals surface area contributed by atoms with Crippen molar-refractivity contribution < 1.29 is 61.9 Å². The van der Waals surface area contributed by atoms with Crippen molar-refractivity contribution in [3.05, 3.63) is 0 Å². The zero-order valence-corrected chi connectivity index (χ0v) is 6.75. The SMILES string of the molecule is O=C(O)C(=O)O.OO.OO.[O]=[V]. The summed E-state index contributed by atoms with van der Waals surface area (Å²) < 4.78 is 8.19. The minimum absolute atomic E-state index is 1.06. The summed E-state index contributed by atoms with van der Waals surface area (Å²) in [6.45, 7) is 0. The molecule has 0 aliphatic heterocycles. The predicted octanol–water partition coefficient (Wildman–Crippen LogP) is -0.931. The van der Waals surface area contributed by atoms with Crippen molar-refractivity contribution in [2.45, 2.75) is 0 Å². The Bertz CT molecular complexity index is 88.7. The molecule has 0 amide bonds. The molecule has 6 N–H and O–H groups in total. The standard InChI is InChI=1S/C2H2O4.2H2O2.O.V/c3-1(4)2(5)6;2*1-2;;/h(H,3,4)(H,5,6);2*1-2H;;. The van der Waals surface area contributed by atoms with Crippen LogP contribution in [0.3, 0.4) is 0 Å². The molecule has 10 heteroatoms. The fraction of sp³-hybridized carbons (Fsp3) is 0. The molecule has 0 unspecified atom stereocenters. The molecule has 73 valence electrons. The van der Waals surface area contributed by atoms with Crippen LogP contribution in [-0.2, 0) is 30.6 Å². The van der Waals surface area contributed by atoms with Crippen LogP contribution in [0, 0.1) is 0 Å². The molecule has 0 bridgehead atoms. The molecule has 0 heterocycles. The molecule has 0 aliphatic carbocycles. The summed E-state index contributed by atoms with van der Waals surface area (Å²) in [6.07, 6.45) is 0. The summed E-state index contributed by atoms with van der Waals surface area (Å²) >= 11 is 1.06. The normalized spacial score (nSPS) is 4.92. The van der Waals surface area contributed by atoms with Gasteiger partial charge in [0.05, 0.1) is 0 Å². The van der Waals surface area contributed by atoms with E-state index in [9.17, 15) is 0 Å². The van der Waals surface area contributed by atoms with E-state index in [-0.39, 0.29) is 0 Å². The summed E-state index contributed by atoms with van der Waals surface area (Å²) in [7, 11) is 0. The molecule has 0 aromatic carbocycles. The van der Waals surface area contributed by atoms with Gasteiger partial charge in [0.15, 0.2) is 0 Å². The van der Waals surface area contributed by atoms with E-state index in [2.05, 4.69) is 0 Å². The van der Waals surface area contributed by atoms with Gasteiger partial charge in [-0.15, -0.1) is 0 Å². The Hall–Kier alpha value is -0.836. The van der Waals surface area contributed by atoms with Crippen LogP contribution in [0.15, 0.2) is 0 Å². The van der Waals surface area contributed by atoms with Crippen LogP contribution in [0.4, 0.5) is 0 Å². The van der Waals surface area contributed by atoms with Crippen LogP contribution < -0.4 is 0 Å². The first-order chi connectivity index (χ1) is 5.64. The Morgan fingerprint density at radius 1 is 0.750 bits per heavy atom. The quantitative estimate of drug-likeness (QED) is 0.173. The second-order valence-electron chi connectivity index (χ2n) is 0.610. The molecular formula is C2H6O9V. The van der Waals surface area contributed by atoms with Crippen molar-refractivity contribution in [3.63, 3.8) is 0 Å². The maximum absolute atomic E-state index is 9.10. The van der Waals surface area contributed by atoms with E-state index in [4.69, 9.17) is 44.5 Å². The van der Waals surface area contributed by atoms with Gasteiger partial charge in [0.2, 0.25) is 0 Å². The fourth-order valence-electron chi connectivity index (χ4n) is 0. The zero-order valence-electron chi connectivity index (χ0n) is 5.36. The van der Waals surface area contributed by atoms with Gasteiger partial charge in [-0.05, 0) is 0 Å². The number of carbonyl (C=O) groups is 2. The Morgan fingerprint density at radius 3 is 0.833 bits per heavy atom. The van der Waals surface area contributed by atoms with Gasteiger partial charge in [-0.2, -0.15) is 0 Å². The Labute approximate surface area is 74.6 Å². The Morgan fingerprint density at radius 2 is 0.833 bits per heavy atom. The third-order valence-electron chi connectivity index (χ3n) is 0.183. The summed E-state index contributed by atoms with van der Waals surface area (Å²) in [6, 6.07) is 0. The van der Waals surface area contributed by atoms with Crippen LogP contribution in [-0.4, -0.2) is 43.2 Å². The molecule has 0 spiro atoms. The van der Waals surface area contributed by atoms with Gasteiger partial charge in [-0.1, -0.05) is 0 Å². The van der Waals surface area contributed by atoms with Crippen molar-refractivity contribution in [2.24, 2.45) is 0 Å². The average Bonchev–Trinajstić information content (AvgIpc) is 2.14. The van der Waals surface area contributed by atoms with Crippen molar-refractivity contribution in [3.8, 4) is 0 Å². The predicted molar refractivity (Wildman–Crippen MR) is 26.5 cm³/mol. The molecule has 0 saturated carbocycles. The molecule has 0 rings (SSSR count). The number of aliphatic carboxylic acids is 2. The second-order valence-corrected chi connectivity index (χ2v) is 0.610. The Balaban J connectivity index is -0.0000000453. The fourth-order valence-corrected chi connectivity index (χ4v) is 0. The van der Waals surface area contributed by atoms with Crippen LogP contribution in [0.5, 0.6) is 0 Å². The van der Waals surface area contributed by atoms with Gasteiger partial charge in [0, 0.05) is 0 Å². The van der Waals surface area contributed by atoms with Crippen LogP contribution in [0.25, 0.3) is 0 Å². The van der Waals surface area contributed by atoms with Crippen LogP contribution >= 0.6 is 0 Å². The summed E-state index contributed by atoms with van der Waals surface area (Å²) in [5.41, 5.74) is 0. The van der Waals surface area contributed by atoms with E-state index in [0.29, 0.717) is 0 Å². The minimum atomic E-state index is -1.82. The molecule has 12 heavy (non-hydrogen) atoms. The molecule has 0 aromatic heterocycles. The van der Waals surface area contributed by atoms with Gasteiger partial charge >= 0.3 is 33.0 Å². The molecule has 9 nitrogen and oxygen atoms in total. The number of rotatable bonds is 0. The molecular weight excluding hydrogens is 219 g/mol. The van der Waals surface area contributed by atoms with Gasteiger partial charge in [0.25, 0.3) is 0 Å². The van der Waals surface area contributed by atoms with E-state index in [1.807, 2.05) is 0 Å². The third kappa shape index (κ3) is 61.0. The second kappa shape index (κ2) is 32.0. The van der Waals surface area contributed by atoms with Crippen molar-refractivity contribution in [1.29, 1.82) is 0 Å². The molecule has 0 aliphatic rings. The Kier molecular flexibility index (Phi) is 59.9. The van der Waals surface area contributed by atoms with Gasteiger partial charge in [-0.25, -0.2) is 9.59 Å². The average molecular weight is 225 g/mol. The van der Waals surface area contributed by atoms with Crippen molar-refractivity contribution in [2.75, 3.05) is 0 Å². The third-order valence-corrected chi connectivity index (χ3v) is 0.183. The molecule has 0 atom stereocenters. The van der Waals surface area contributed by atoms with E-state index in [1.54, 1.807) is 0 Å². The molecule has 0 fully saturated rings. The summed E-state index contributed by atoms with van der Waals surface area (Å²) in [4.78, 5) is 18.2. The number of carboxylic acid groups (broad SMARTS) is 2. The van der Waals surface area contributed by atoms with Crippen molar-refractivity contribution in [1.82, 2.24) is 0 Å². The maximum atomic E-state index is 9.10. The topological polar surface area (TPSA) is 173 Å². The zero-order chi connectivity index (χ0) is 11.2. The van der Waals surface area contributed by atoms with E-state index in [0.717, 1.165) is 17.4 Å². The van der Waals surface area contributed by atoms with E-state index in [1.165, 1.54) is 0 Å². The number of carboxylic acids is 2. The van der Waals surface area contributed by atoms with Gasteiger partial charge in [-0.3, -0.25) is 21.0 Å². The van der Waals surface area contributed by atoms with Crippen LogP contribution in [0.1, 0.15) is 0 Å². The molecule has 0 aromatic rings. The molecule has 0 radical (unpaired) electrons. The van der Waals surface area contributed by atoms with Crippen LogP contribution in [0.2, 0.25) is 0 Å². The first kappa shape index (κ1) is 22.5. The monoisotopic (exact) mass is 225 g/mol. The first-order valence-corrected chi connectivity index (χ1v) is 2.26. The van der Waals surface area contributed by atoms with Gasteiger partial charge in [0.1, 0.15) is 0 Å². The van der Waals surface area contributed by atoms with E-state index < -0.39 is 11.9 Å². The number of hydrogen-bond acceptors (Lipinski definition) is 7. The summed E-state index contributed by atoms with van der Waals surface area (Å²) in [5, 5.41) is 38.8. The summed E-state index contributed by atoms with van der Waals surface area (Å²) in [5.74, 6) is -3.65. The first-order valence-electron chi connectivity index (χ1n) is 1.69. The number of hydrogen-bond donors (Lipinski definition) is 6. The van der Waals surface area contributed by atoms with Gasteiger partial charge < -0.3 is 10.2 Å². The van der Waals surface area contributed by atoms with E-state index >= 15 is 0 Å².